The quantitative estimate of drug-likeness (QED) is 0.198. The molecule has 46 heavy (non-hydrogen) atoms. The number of hydrogen-bond donors (Lipinski definition) is 2. The number of hydrogen-bond acceptors (Lipinski definition) is 5. The van der Waals surface area contributed by atoms with Crippen LogP contribution in [-0.2, 0) is 12.6 Å². The fraction of sp³-hybridized carbons (Fsp3) is 0.129. The number of aromatic nitrogens is 3. The van der Waals surface area contributed by atoms with E-state index >= 15 is 0 Å². The van der Waals surface area contributed by atoms with Crippen molar-refractivity contribution in [3.63, 3.8) is 0 Å². The molecule has 0 unspecified atom stereocenters. The molecule has 0 bridgehead atoms. The summed E-state index contributed by atoms with van der Waals surface area (Å²) in [5, 5.41) is 20.4. The third-order valence-electron chi connectivity index (χ3n) is 7.94. The molecule has 2 aliphatic heterocycles. The maximum Gasteiger partial charge on any atom is 0.416 e. The van der Waals surface area contributed by atoms with Gasteiger partial charge in [0.2, 0.25) is 0 Å². The number of carbonyl (C=O) groups is 2. The Bertz CT molecular complexity index is 2180. The minimum atomic E-state index is -4.91. The van der Waals surface area contributed by atoms with Gasteiger partial charge in [0.05, 0.1) is 17.3 Å². The van der Waals surface area contributed by atoms with Gasteiger partial charge in [0.25, 0.3) is 5.91 Å². The number of fused-ring (bicyclic) bond motifs is 1. The van der Waals surface area contributed by atoms with E-state index in [9.17, 15) is 32.4 Å². The van der Waals surface area contributed by atoms with Crippen molar-refractivity contribution in [2.75, 3.05) is 16.8 Å². The first kappa shape index (κ1) is 29.5. The van der Waals surface area contributed by atoms with Gasteiger partial charge in [-0.05, 0) is 77.7 Å². The highest BCUT2D eigenvalue weighted by Crippen LogP contribution is 2.50. The van der Waals surface area contributed by atoms with Crippen molar-refractivity contribution in [1.82, 2.24) is 19.9 Å². The first-order valence-corrected chi connectivity index (χ1v) is 14.4. The summed E-state index contributed by atoms with van der Waals surface area (Å²) in [7, 11) is 0. The molecule has 1 atom stereocenters. The summed E-state index contributed by atoms with van der Waals surface area (Å²) in [5.74, 6) is -2.30. The molecule has 2 aromatic heterocycles. The molecule has 2 aliphatic rings. The highest BCUT2D eigenvalue weighted by molar-refractivity contribution is 6.33. The van der Waals surface area contributed by atoms with Gasteiger partial charge in [0, 0.05) is 39.0 Å². The van der Waals surface area contributed by atoms with Crippen LogP contribution < -0.4 is 15.5 Å². The number of nitriles is 1. The van der Waals surface area contributed by atoms with Crippen LogP contribution in [0.25, 0.3) is 16.8 Å². The molecule has 0 saturated carbocycles. The Morgan fingerprint density at radius 3 is 2.65 bits per heavy atom. The summed E-state index contributed by atoms with van der Waals surface area (Å²) in [4.78, 5) is 32.6. The largest absolute Gasteiger partial charge is 0.416 e. The van der Waals surface area contributed by atoms with Gasteiger partial charge >= 0.3 is 12.2 Å². The van der Waals surface area contributed by atoms with Crippen LogP contribution in [0.3, 0.4) is 0 Å². The van der Waals surface area contributed by atoms with Gasteiger partial charge in [-0.25, -0.2) is 18.7 Å². The fourth-order valence-electron chi connectivity index (χ4n) is 6.00. The molecule has 4 heterocycles. The molecule has 15 heteroatoms. The molecule has 230 valence electrons. The Morgan fingerprint density at radius 2 is 1.89 bits per heavy atom. The molecule has 2 N–H and O–H groups in total. The van der Waals surface area contributed by atoms with E-state index in [1.54, 1.807) is 36.4 Å². The fourth-order valence-corrected chi connectivity index (χ4v) is 6.40. The van der Waals surface area contributed by atoms with Gasteiger partial charge in [-0.3, -0.25) is 9.69 Å². The first-order chi connectivity index (χ1) is 21.9. The molecule has 9 nitrogen and oxygen atoms in total. The molecule has 0 fully saturated rings. The number of rotatable bonds is 4. The molecule has 0 aliphatic carbocycles. The van der Waals surface area contributed by atoms with Crippen molar-refractivity contribution >= 4 is 52.2 Å². The van der Waals surface area contributed by atoms with E-state index in [-0.39, 0.29) is 22.9 Å². The lowest BCUT2D eigenvalue weighted by Crippen LogP contribution is -2.46. The Morgan fingerprint density at radius 1 is 1.09 bits per heavy atom. The summed E-state index contributed by atoms with van der Waals surface area (Å²) in [6, 6.07) is 11.8. The summed E-state index contributed by atoms with van der Waals surface area (Å²) in [6.45, 7) is 0.251. The van der Waals surface area contributed by atoms with Crippen molar-refractivity contribution < 1.29 is 27.2 Å². The molecular formula is C31H17Cl2F4N7O2. The lowest BCUT2D eigenvalue weighted by Gasteiger charge is -2.35. The average molecular weight is 666 g/mol. The zero-order chi connectivity index (χ0) is 32.5. The van der Waals surface area contributed by atoms with Gasteiger partial charge in [-0.2, -0.15) is 23.5 Å². The number of halogens is 6. The van der Waals surface area contributed by atoms with Crippen molar-refractivity contribution in [3.05, 3.63) is 110 Å². The van der Waals surface area contributed by atoms with E-state index in [1.807, 2.05) is 0 Å². The van der Waals surface area contributed by atoms with Crippen LogP contribution >= 0.6 is 23.2 Å². The molecule has 0 radical (unpaired) electrons. The number of nitrogens with zero attached hydrogens (tertiary/aromatic N) is 5. The van der Waals surface area contributed by atoms with Crippen LogP contribution in [-0.4, -0.2) is 33.1 Å². The molecule has 5 aromatic rings. The van der Waals surface area contributed by atoms with Gasteiger partial charge in [-0.15, -0.1) is 0 Å². The second kappa shape index (κ2) is 10.7. The molecular weight excluding hydrogens is 649 g/mol. The first-order valence-electron chi connectivity index (χ1n) is 13.6. The number of carbonyl (C=O) groups excluding carboxylic acids is 2. The number of pyridine rings is 1. The minimum absolute atomic E-state index is 0.0760. The number of alkyl halides is 3. The molecule has 3 amide bonds. The van der Waals surface area contributed by atoms with E-state index in [0.717, 1.165) is 0 Å². The average Bonchev–Trinajstić information content (AvgIpc) is 3.68. The van der Waals surface area contributed by atoms with E-state index in [0.29, 0.717) is 68.8 Å². The maximum atomic E-state index is 14.3. The zero-order valence-electron chi connectivity index (χ0n) is 23.1. The maximum absolute atomic E-state index is 14.3. The van der Waals surface area contributed by atoms with E-state index in [4.69, 9.17) is 23.2 Å². The van der Waals surface area contributed by atoms with Crippen LogP contribution in [0.1, 0.15) is 44.3 Å². The van der Waals surface area contributed by atoms with Crippen molar-refractivity contribution in [2.45, 2.75) is 18.6 Å². The van der Waals surface area contributed by atoms with Crippen molar-refractivity contribution in [2.24, 2.45) is 0 Å². The van der Waals surface area contributed by atoms with Crippen molar-refractivity contribution in [1.29, 1.82) is 5.26 Å². The van der Waals surface area contributed by atoms with Gasteiger partial charge in [0.1, 0.15) is 18.2 Å². The van der Waals surface area contributed by atoms with E-state index in [1.165, 1.54) is 15.7 Å². The predicted molar refractivity (Wildman–Crippen MR) is 160 cm³/mol. The van der Waals surface area contributed by atoms with Crippen LogP contribution in [0.2, 0.25) is 10.0 Å². The monoisotopic (exact) mass is 665 g/mol. The zero-order valence-corrected chi connectivity index (χ0v) is 24.6. The number of nitrogens with one attached hydrogen (secondary N) is 2. The van der Waals surface area contributed by atoms with Crippen molar-refractivity contribution in [3.8, 4) is 17.2 Å². The van der Waals surface area contributed by atoms with Gasteiger partial charge in [0.15, 0.2) is 11.3 Å². The number of benzene rings is 3. The SMILES string of the molecule is N#Cc1c(-c2cc(NC(=O)c3cc(F)cc(C(F)(F)F)c3)c3c4c2CCN4C(=O)N[C@H]3c2cc(Cl)ccc2Cl)ccc2ncnn12. The Balaban J connectivity index is 1.48. The minimum Gasteiger partial charge on any atom is -0.327 e. The summed E-state index contributed by atoms with van der Waals surface area (Å²) >= 11 is 12.9. The molecule has 3 aromatic carbocycles. The lowest BCUT2D eigenvalue weighted by molar-refractivity contribution is -0.137. The Kier molecular flexibility index (Phi) is 6.88. The Hall–Kier alpha value is -5.19. The van der Waals surface area contributed by atoms with Crippen LogP contribution in [0.15, 0.2) is 60.9 Å². The van der Waals surface area contributed by atoms with E-state index in [2.05, 4.69) is 26.8 Å². The number of amides is 3. The third-order valence-corrected chi connectivity index (χ3v) is 8.52. The molecule has 0 saturated heterocycles. The molecule has 7 rings (SSSR count). The normalized spacial score (nSPS) is 15.5. The smallest absolute Gasteiger partial charge is 0.327 e. The topological polar surface area (TPSA) is 115 Å². The summed E-state index contributed by atoms with van der Waals surface area (Å²) in [5.41, 5.74) is 1.42. The van der Waals surface area contributed by atoms with Crippen LogP contribution in [0.4, 0.5) is 33.7 Å². The third kappa shape index (κ3) is 4.77. The highest BCUT2D eigenvalue weighted by Gasteiger charge is 2.41. The van der Waals surface area contributed by atoms with Gasteiger partial charge < -0.3 is 10.6 Å². The number of urea groups is 1. The van der Waals surface area contributed by atoms with E-state index < -0.39 is 41.1 Å². The second-order valence-corrected chi connectivity index (χ2v) is 11.4. The van der Waals surface area contributed by atoms with Gasteiger partial charge in [-0.1, -0.05) is 23.2 Å². The summed E-state index contributed by atoms with van der Waals surface area (Å²) in [6.07, 6.45) is -3.25. The Labute approximate surface area is 267 Å². The van der Waals surface area contributed by atoms with Crippen LogP contribution in [0.5, 0.6) is 0 Å². The second-order valence-electron chi connectivity index (χ2n) is 10.6. The van der Waals surface area contributed by atoms with Crippen LogP contribution in [0, 0.1) is 17.1 Å². The lowest BCUT2D eigenvalue weighted by atomic mass is 9.87. The number of anilines is 2. The highest BCUT2D eigenvalue weighted by atomic mass is 35.5. The predicted octanol–water partition coefficient (Wildman–Crippen LogP) is 7.16. The molecule has 0 spiro atoms. The standard InChI is InChI=1S/C31H17Cl2F4N7O2/c32-16-1-3-22(33)21(10-16)27-26-23(41-29(45)14-7-15(31(35,36)37)9-17(34)8-14)11-20(19-5-6-43(28(19)26)30(46)42-27)18-2-4-25-39-13-40-44(25)24(18)12-38/h1-4,7-11,13,27H,5-6H2,(H,41,45)(H,42,46)/t27-/m0/s1. The summed E-state index contributed by atoms with van der Waals surface area (Å²) < 4.78 is 56.2.